The Kier molecular flexibility index (Phi) is 11.2. The molecule has 0 aliphatic rings. The molecular weight excluding hydrogens is 418 g/mol. The Hall–Kier alpha value is -3.75. The first-order valence-electron chi connectivity index (χ1n) is 8.99. The van der Waals surface area contributed by atoms with Crippen LogP contribution in [0, 0.1) is 0 Å². The Bertz CT molecular complexity index is 741. The van der Waals surface area contributed by atoms with Gasteiger partial charge in [0.15, 0.2) is 0 Å². The van der Waals surface area contributed by atoms with Crippen LogP contribution in [0.1, 0.15) is 32.6 Å². The third kappa shape index (κ3) is 11.1. The molecule has 0 aliphatic carbocycles. The van der Waals surface area contributed by atoms with Gasteiger partial charge in [0.05, 0.1) is 18.9 Å². The summed E-state index contributed by atoms with van der Waals surface area (Å²) in [6.07, 6.45) is -1.63. The lowest BCUT2D eigenvalue weighted by molar-refractivity contribution is -0.144. The van der Waals surface area contributed by atoms with Gasteiger partial charge in [0.25, 0.3) is 0 Å². The molecule has 0 spiro atoms. The molecule has 4 atom stereocenters. The molecule has 31 heavy (non-hydrogen) atoms. The molecule has 0 aromatic heterocycles. The van der Waals surface area contributed by atoms with Crippen molar-refractivity contribution in [1.29, 1.82) is 0 Å². The number of aliphatic carboxylic acids is 1. The van der Waals surface area contributed by atoms with Crippen LogP contribution in [0.4, 0.5) is 0 Å². The lowest BCUT2D eigenvalue weighted by atomic mass is 10.1. The van der Waals surface area contributed by atoms with Gasteiger partial charge in [-0.2, -0.15) is 0 Å². The first-order valence-corrected chi connectivity index (χ1v) is 8.99. The first kappa shape index (κ1) is 27.2. The summed E-state index contributed by atoms with van der Waals surface area (Å²) < 4.78 is 0. The number of hydrogen-bond acceptors (Lipinski definition) is 8. The molecule has 12 N–H and O–H groups in total. The van der Waals surface area contributed by atoms with E-state index in [4.69, 9.17) is 28.0 Å². The summed E-state index contributed by atoms with van der Waals surface area (Å²) in [5, 5.41) is 15.4. The van der Waals surface area contributed by atoms with Gasteiger partial charge in [-0.15, -0.1) is 0 Å². The molecule has 0 bridgehead atoms. The van der Waals surface area contributed by atoms with Crippen molar-refractivity contribution in [3.63, 3.8) is 0 Å². The molecule has 4 unspecified atom stereocenters. The molecule has 0 fully saturated rings. The predicted octanol–water partition coefficient (Wildman–Crippen LogP) is -5.11. The summed E-state index contributed by atoms with van der Waals surface area (Å²) in [5.74, 6) is -7.03. The Morgan fingerprint density at radius 2 is 1.23 bits per heavy atom. The van der Waals surface area contributed by atoms with Gasteiger partial charge in [-0.05, 0) is 13.3 Å². The first-order chi connectivity index (χ1) is 14.2. The van der Waals surface area contributed by atoms with Crippen molar-refractivity contribution < 1.29 is 38.7 Å². The van der Waals surface area contributed by atoms with Crippen molar-refractivity contribution in [3.05, 3.63) is 0 Å². The maximum Gasteiger partial charge on any atom is 0.326 e. The highest BCUT2D eigenvalue weighted by Crippen LogP contribution is 2.00. The number of nitrogens with two attached hydrogens (primary N) is 4. The molecule has 174 valence electrons. The Morgan fingerprint density at radius 3 is 1.68 bits per heavy atom. The zero-order valence-electron chi connectivity index (χ0n) is 16.8. The van der Waals surface area contributed by atoms with Crippen molar-refractivity contribution in [2.75, 3.05) is 0 Å². The number of hydrogen-bond donors (Lipinski definition) is 8. The fraction of sp³-hybridized carbons (Fsp3) is 0.562. The number of nitrogens with one attached hydrogen (secondary N) is 3. The normalized spacial score (nSPS) is 14.3. The van der Waals surface area contributed by atoms with Crippen molar-refractivity contribution in [2.24, 2.45) is 22.9 Å². The van der Waals surface area contributed by atoms with Crippen LogP contribution < -0.4 is 38.9 Å². The van der Waals surface area contributed by atoms with Crippen molar-refractivity contribution in [1.82, 2.24) is 16.0 Å². The van der Waals surface area contributed by atoms with E-state index >= 15 is 0 Å². The zero-order chi connectivity index (χ0) is 24.3. The molecule has 0 aromatic rings. The maximum atomic E-state index is 12.3. The largest absolute Gasteiger partial charge is 0.480 e. The monoisotopic (exact) mass is 445 g/mol. The van der Waals surface area contributed by atoms with Gasteiger partial charge in [-0.1, -0.05) is 0 Å². The quantitative estimate of drug-likeness (QED) is 0.127. The average Bonchev–Trinajstić information content (AvgIpc) is 2.63. The molecule has 6 amide bonds. The Balaban J connectivity index is 5.10. The van der Waals surface area contributed by atoms with E-state index in [0.717, 1.165) is 0 Å². The molecule has 0 aromatic carbocycles. The van der Waals surface area contributed by atoms with Gasteiger partial charge in [0.2, 0.25) is 35.4 Å². The molecule has 0 saturated heterocycles. The predicted molar refractivity (Wildman–Crippen MR) is 103 cm³/mol. The van der Waals surface area contributed by atoms with Gasteiger partial charge in [0, 0.05) is 6.42 Å². The number of rotatable bonds is 14. The molecule has 15 nitrogen and oxygen atoms in total. The Morgan fingerprint density at radius 1 is 0.742 bits per heavy atom. The second-order valence-electron chi connectivity index (χ2n) is 6.64. The summed E-state index contributed by atoms with van der Waals surface area (Å²) in [7, 11) is 0. The van der Waals surface area contributed by atoms with Crippen LogP contribution in [0.25, 0.3) is 0 Å². The van der Waals surface area contributed by atoms with E-state index in [-0.39, 0.29) is 12.8 Å². The number of amides is 6. The summed E-state index contributed by atoms with van der Waals surface area (Å²) in [6.45, 7) is 1.25. The third-order valence-electron chi connectivity index (χ3n) is 3.85. The van der Waals surface area contributed by atoms with E-state index in [1.54, 1.807) is 0 Å². The van der Waals surface area contributed by atoms with Crippen LogP contribution >= 0.6 is 0 Å². The topological polar surface area (TPSA) is 280 Å². The minimum atomic E-state index is -1.70. The molecule has 0 radical (unpaired) electrons. The van der Waals surface area contributed by atoms with Crippen LogP contribution in [-0.2, 0) is 33.6 Å². The second kappa shape index (κ2) is 12.7. The van der Waals surface area contributed by atoms with Gasteiger partial charge < -0.3 is 44.0 Å². The summed E-state index contributed by atoms with van der Waals surface area (Å²) >= 11 is 0. The molecule has 0 heterocycles. The van der Waals surface area contributed by atoms with Gasteiger partial charge in [-0.3, -0.25) is 28.8 Å². The van der Waals surface area contributed by atoms with E-state index in [1.165, 1.54) is 6.92 Å². The highest BCUT2D eigenvalue weighted by atomic mass is 16.4. The number of carbonyl (C=O) groups excluding carboxylic acids is 6. The van der Waals surface area contributed by atoms with Crippen LogP contribution in [0.2, 0.25) is 0 Å². The number of carboxylic acids is 1. The van der Waals surface area contributed by atoms with Crippen LogP contribution in [0.5, 0.6) is 0 Å². The van der Waals surface area contributed by atoms with E-state index in [1.807, 2.05) is 5.32 Å². The second-order valence-corrected chi connectivity index (χ2v) is 6.64. The molecule has 0 rings (SSSR count). The molecule has 15 heteroatoms. The van der Waals surface area contributed by atoms with Crippen molar-refractivity contribution in [3.8, 4) is 0 Å². The molecule has 0 aliphatic heterocycles. The van der Waals surface area contributed by atoms with Gasteiger partial charge >= 0.3 is 5.97 Å². The number of primary amides is 3. The van der Waals surface area contributed by atoms with Crippen LogP contribution in [0.15, 0.2) is 0 Å². The third-order valence-corrected chi connectivity index (χ3v) is 3.85. The van der Waals surface area contributed by atoms with Gasteiger partial charge in [-0.25, -0.2) is 4.79 Å². The Labute approximate surface area is 176 Å². The van der Waals surface area contributed by atoms with E-state index in [2.05, 4.69) is 10.6 Å². The minimum Gasteiger partial charge on any atom is -0.480 e. The molecule has 0 saturated carbocycles. The number of carbonyl (C=O) groups is 7. The summed E-state index contributed by atoms with van der Waals surface area (Å²) in [4.78, 5) is 80.6. The van der Waals surface area contributed by atoms with Crippen LogP contribution in [0.3, 0.4) is 0 Å². The highest BCUT2D eigenvalue weighted by Gasteiger charge is 2.30. The summed E-state index contributed by atoms with van der Waals surface area (Å²) in [5.41, 5.74) is 20.5. The SMILES string of the molecule is CC(NC(=O)C(N)CCC(N)=O)C(=O)NC(CC(N)=O)C(=O)NC(CC(N)=O)C(=O)O. The number of carboxylic acid groups (broad SMARTS) is 1. The highest BCUT2D eigenvalue weighted by molar-refractivity contribution is 5.96. The van der Waals surface area contributed by atoms with E-state index < -0.39 is 78.4 Å². The average molecular weight is 445 g/mol. The van der Waals surface area contributed by atoms with Crippen molar-refractivity contribution >= 4 is 41.4 Å². The van der Waals surface area contributed by atoms with E-state index in [9.17, 15) is 33.6 Å². The molecular formula is C16H27N7O8. The minimum absolute atomic E-state index is 0.0569. The van der Waals surface area contributed by atoms with Crippen molar-refractivity contribution in [2.45, 2.75) is 56.8 Å². The fourth-order valence-electron chi connectivity index (χ4n) is 2.20. The lowest BCUT2D eigenvalue weighted by Gasteiger charge is -2.22. The maximum absolute atomic E-state index is 12.3. The van der Waals surface area contributed by atoms with Gasteiger partial charge in [0.1, 0.15) is 18.1 Å². The lowest BCUT2D eigenvalue weighted by Crippen LogP contribution is -2.57. The summed E-state index contributed by atoms with van der Waals surface area (Å²) in [6, 6.07) is -5.64. The standard InChI is InChI=1S/C16H27N7O8/c1-6(21-14(28)7(17)2-3-10(18)24)13(27)22-8(4-11(19)25)15(29)23-9(16(30)31)5-12(20)26/h6-9H,2-5,17H2,1H3,(H2,18,24)(H2,19,25)(H2,20,26)(H,21,28)(H,22,27)(H,23,29)(H,30,31). The fourth-order valence-corrected chi connectivity index (χ4v) is 2.20. The van der Waals surface area contributed by atoms with E-state index in [0.29, 0.717) is 0 Å². The zero-order valence-corrected chi connectivity index (χ0v) is 16.8. The van der Waals surface area contributed by atoms with Crippen LogP contribution in [-0.4, -0.2) is 70.7 Å². The smallest absolute Gasteiger partial charge is 0.326 e.